The lowest BCUT2D eigenvalue weighted by Gasteiger charge is -2.12. The first-order valence-electron chi connectivity index (χ1n) is 9.21. The molecule has 0 fully saturated rings. The Bertz CT molecular complexity index is 555. The molecule has 3 atom stereocenters. The van der Waals surface area contributed by atoms with Crippen LogP contribution < -0.4 is 0 Å². The molecule has 27 heavy (non-hydrogen) atoms. The van der Waals surface area contributed by atoms with Crippen LogP contribution in [0.2, 0.25) is 0 Å². The van der Waals surface area contributed by atoms with Crippen molar-refractivity contribution in [3.8, 4) is 0 Å². The van der Waals surface area contributed by atoms with Gasteiger partial charge in [0.15, 0.2) is 0 Å². The third-order valence-corrected chi connectivity index (χ3v) is 3.46. The Labute approximate surface area is 162 Å². The highest BCUT2D eigenvalue weighted by Crippen LogP contribution is 2.04. The number of aliphatic carboxylic acids is 1. The van der Waals surface area contributed by atoms with Crippen molar-refractivity contribution >= 4 is 5.97 Å². The maximum Gasteiger partial charge on any atom is 0.303 e. The molecule has 0 aromatic carbocycles. The van der Waals surface area contributed by atoms with Gasteiger partial charge < -0.3 is 20.4 Å². The molecule has 0 spiro atoms. The maximum absolute atomic E-state index is 10.4. The van der Waals surface area contributed by atoms with Crippen molar-refractivity contribution in [1.29, 1.82) is 0 Å². The minimum atomic E-state index is -1.08. The van der Waals surface area contributed by atoms with Crippen molar-refractivity contribution in [1.82, 2.24) is 0 Å². The smallest absolute Gasteiger partial charge is 0.303 e. The Hall–Kier alpha value is -2.21. The largest absolute Gasteiger partial charge is 0.481 e. The number of rotatable bonds is 14. The summed E-state index contributed by atoms with van der Waals surface area (Å²) in [5.74, 6) is -1.000. The van der Waals surface area contributed by atoms with Crippen molar-refractivity contribution in [2.24, 2.45) is 0 Å². The molecule has 0 aromatic rings. The third-order valence-electron chi connectivity index (χ3n) is 3.46. The van der Waals surface area contributed by atoms with E-state index in [4.69, 9.17) is 5.11 Å². The minimum Gasteiger partial charge on any atom is -0.481 e. The van der Waals surface area contributed by atoms with Crippen LogP contribution in [0.1, 0.15) is 39.0 Å². The normalized spacial score (nSPS) is 16.6. The summed E-state index contributed by atoms with van der Waals surface area (Å²) in [6, 6.07) is 0. The molecule has 0 saturated carbocycles. The second-order valence-electron chi connectivity index (χ2n) is 5.92. The van der Waals surface area contributed by atoms with E-state index in [-0.39, 0.29) is 12.8 Å². The van der Waals surface area contributed by atoms with Gasteiger partial charge in [-0.25, -0.2) is 0 Å². The molecule has 0 amide bonds. The molecule has 0 aliphatic rings. The Morgan fingerprint density at radius 2 is 1.48 bits per heavy atom. The van der Waals surface area contributed by atoms with E-state index in [1.54, 1.807) is 24.3 Å². The number of aliphatic hydroxyl groups is 3. The summed E-state index contributed by atoms with van der Waals surface area (Å²) in [5, 5.41) is 37.4. The van der Waals surface area contributed by atoms with Crippen molar-refractivity contribution in [2.75, 3.05) is 0 Å². The monoisotopic (exact) mass is 376 g/mol. The van der Waals surface area contributed by atoms with Gasteiger partial charge in [0.1, 0.15) is 0 Å². The first-order valence-corrected chi connectivity index (χ1v) is 9.21. The van der Waals surface area contributed by atoms with Crippen LogP contribution in [0.3, 0.4) is 0 Å². The van der Waals surface area contributed by atoms with E-state index in [1.165, 1.54) is 6.08 Å². The Kier molecular flexibility index (Phi) is 15.8. The summed E-state index contributed by atoms with van der Waals surface area (Å²) >= 11 is 0. The molecule has 0 aromatic heterocycles. The lowest BCUT2D eigenvalue weighted by molar-refractivity contribution is -0.137. The molecule has 4 N–H and O–H groups in total. The van der Waals surface area contributed by atoms with Crippen molar-refractivity contribution in [3.05, 3.63) is 72.9 Å². The molecule has 5 heteroatoms. The van der Waals surface area contributed by atoms with E-state index in [2.05, 4.69) is 6.92 Å². The topological polar surface area (TPSA) is 98.0 Å². The fraction of sp³-hybridized carbons (Fsp3) is 0.409. The van der Waals surface area contributed by atoms with Gasteiger partial charge in [-0.3, -0.25) is 4.79 Å². The van der Waals surface area contributed by atoms with Crippen LogP contribution in [0.15, 0.2) is 72.9 Å². The Morgan fingerprint density at radius 1 is 0.852 bits per heavy atom. The number of carboxylic acids is 1. The first kappa shape index (κ1) is 24.8. The van der Waals surface area contributed by atoms with E-state index in [9.17, 15) is 20.1 Å². The molecular weight excluding hydrogens is 344 g/mol. The highest BCUT2D eigenvalue weighted by Gasteiger charge is 2.13. The predicted octanol–water partition coefficient (Wildman–Crippen LogP) is 3.46. The van der Waals surface area contributed by atoms with Gasteiger partial charge in [-0.1, -0.05) is 79.8 Å². The zero-order valence-corrected chi connectivity index (χ0v) is 15.9. The molecule has 5 nitrogen and oxygen atoms in total. The summed E-state index contributed by atoms with van der Waals surface area (Å²) in [6.07, 6.45) is 21.3. The van der Waals surface area contributed by atoms with Crippen LogP contribution in [0.4, 0.5) is 0 Å². The van der Waals surface area contributed by atoms with Crippen LogP contribution in [0.5, 0.6) is 0 Å². The molecule has 0 rings (SSSR count). The van der Waals surface area contributed by atoms with Gasteiger partial charge in [-0.05, 0) is 25.7 Å². The zero-order valence-electron chi connectivity index (χ0n) is 15.9. The molecule has 0 bridgehead atoms. The zero-order chi connectivity index (χ0) is 20.3. The maximum atomic E-state index is 10.4. The lowest BCUT2D eigenvalue weighted by atomic mass is 10.1. The van der Waals surface area contributed by atoms with Crippen molar-refractivity contribution in [2.45, 2.75) is 57.3 Å². The lowest BCUT2D eigenvalue weighted by Crippen LogP contribution is -2.24. The number of hydrogen-bond acceptors (Lipinski definition) is 4. The SMILES string of the molecule is CC/C=C\C[C@@H](O)/C=C/C=C\C\C=C/C=C/C=C/C(O)[C@@H](O)CCC(=O)O. The second-order valence-corrected chi connectivity index (χ2v) is 5.92. The molecular formula is C22H32O5. The van der Waals surface area contributed by atoms with Crippen LogP contribution in [-0.4, -0.2) is 44.7 Å². The van der Waals surface area contributed by atoms with Gasteiger partial charge in [0.2, 0.25) is 0 Å². The summed E-state index contributed by atoms with van der Waals surface area (Å²) < 4.78 is 0. The fourth-order valence-corrected chi connectivity index (χ4v) is 1.94. The third kappa shape index (κ3) is 17.0. The summed E-state index contributed by atoms with van der Waals surface area (Å²) in [6.45, 7) is 2.05. The van der Waals surface area contributed by atoms with Gasteiger partial charge in [-0.15, -0.1) is 0 Å². The predicted molar refractivity (Wildman–Crippen MR) is 109 cm³/mol. The van der Waals surface area contributed by atoms with Gasteiger partial charge >= 0.3 is 5.97 Å². The summed E-state index contributed by atoms with van der Waals surface area (Å²) in [7, 11) is 0. The standard InChI is InChI=1S/C22H32O5/c1-2-3-11-14-19(23)15-12-9-7-5-4-6-8-10-13-16-20(24)21(25)17-18-22(26)27/h3-4,6-13,15-16,19-21,23-25H,2,5,14,17-18H2,1H3,(H,26,27)/b6-4-,9-7-,10-8+,11-3-,15-12+,16-13+/t19-,20?,21+/m1/s1. The number of allylic oxidation sites excluding steroid dienone is 9. The summed E-state index contributed by atoms with van der Waals surface area (Å²) in [5.41, 5.74) is 0. The van der Waals surface area contributed by atoms with Crippen LogP contribution in [-0.2, 0) is 4.79 Å². The average Bonchev–Trinajstić information content (AvgIpc) is 2.64. The van der Waals surface area contributed by atoms with Gasteiger partial charge in [0, 0.05) is 6.42 Å². The second kappa shape index (κ2) is 17.2. The van der Waals surface area contributed by atoms with Crippen molar-refractivity contribution < 1.29 is 25.2 Å². The summed E-state index contributed by atoms with van der Waals surface area (Å²) in [4.78, 5) is 10.4. The van der Waals surface area contributed by atoms with Gasteiger partial charge in [0.05, 0.1) is 18.3 Å². The molecule has 1 unspecified atom stereocenters. The van der Waals surface area contributed by atoms with Crippen molar-refractivity contribution in [3.63, 3.8) is 0 Å². The number of carbonyl (C=O) groups is 1. The number of carboxylic acid groups (broad SMARTS) is 1. The highest BCUT2D eigenvalue weighted by atomic mass is 16.4. The number of aliphatic hydroxyl groups excluding tert-OH is 3. The highest BCUT2D eigenvalue weighted by molar-refractivity contribution is 5.66. The van der Waals surface area contributed by atoms with Crippen LogP contribution >= 0.6 is 0 Å². The van der Waals surface area contributed by atoms with E-state index in [1.807, 2.05) is 42.5 Å². The Morgan fingerprint density at radius 3 is 2.15 bits per heavy atom. The minimum absolute atomic E-state index is 0.0116. The molecule has 0 aliphatic carbocycles. The molecule has 0 radical (unpaired) electrons. The van der Waals surface area contributed by atoms with Gasteiger partial charge in [-0.2, -0.15) is 0 Å². The van der Waals surface area contributed by atoms with E-state index in [0.29, 0.717) is 6.42 Å². The number of hydrogen-bond donors (Lipinski definition) is 4. The quantitative estimate of drug-likeness (QED) is 0.275. The molecule has 0 heterocycles. The molecule has 0 saturated heterocycles. The van der Waals surface area contributed by atoms with E-state index in [0.717, 1.165) is 12.8 Å². The average molecular weight is 376 g/mol. The van der Waals surface area contributed by atoms with E-state index < -0.39 is 24.3 Å². The Balaban J connectivity index is 3.98. The fourth-order valence-electron chi connectivity index (χ4n) is 1.94. The molecule has 0 aliphatic heterocycles. The van der Waals surface area contributed by atoms with Gasteiger partial charge in [0.25, 0.3) is 0 Å². The molecule has 150 valence electrons. The first-order chi connectivity index (χ1) is 13.0. The van der Waals surface area contributed by atoms with Crippen LogP contribution in [0.25, 0.3) is 0 Å². The van der Waals surface area contributed by atoms with Crippen LogP contribution in [0, 0.1) is 0 Å². The van der Waals surface area contributed by atoms with E-state index >= 15 is 0 Å².